The highest BCUT2D eigenvalue weighted by Gasteiger charge is 2.32. The van der Waals surface area contributed by atoms with E-state index in [0.29, 0.717) is 18.0 Å². The second kappa shape index (κ2) is 7.95. The van der Waals surface area contributed by atoms with Gasteiger partial charge in [-0.2, -0.15) is 0 Å². The number of carbonyl (C=O) groups is 1. The summed E-state index contributed by atoms with van der Waals surface area (Å²) in [5, 5.41) is 0. The summed E-state index contributed by atoms with van der Waals surface area (Å²) in [6, 6.07) is 14.0. The second-order valence-corrected chi connectivity index (χ2v) is 7.86. The van der Waals surface area contributed by atoms with Crippen molar-refractivity contribution in [2.75, 3.05) is 39.4 Å². The molecule has 0 spiro atoms. The highest BCUT2D eigenvalue weighted by Crippen LogP contribution is 2.31. The van der Waals surface area contributed by atoms with Crippen LogP contribution in [0.15, 0.2) is 42.5 Å². The fourth-order valence-corrected chi connectivity index (χ4v) is 4.29. The fourth-order valence-electron chi connectivity index (χ4n) is 4.29. The minimum absolute atomic E-state index is 0.0241. The molecule has 6 heteroatoms. The fraction of sp³-hybridized carbons (Fsp3) is 0.435. The van der Waals surface area contributed by atoms with Gasteiger partial charge >= 0.3 is 0 Å². The molecule has 5 rings (SSSR count). The lowest BCUT2D eigenvalue weighted by Gasteiger charge is -2.30. The highest BCUT2D eigenvalue weighted by molar-refractivity contribution is 5.82. The van der Waals surface area contributed by atoms with Gasteiger partial charge in [0.25, 0.3) is 5.91 Å². The monoisotopic (exact) mass is 394 g/mol. The van der Waals surface area contributed by atoms with E-state index >= 15 is 0 Å². The zero-order chi connectivity index (χ0) is 19.6. The first-order valence-electron chi connectivity index (χ1n) is 10.4. The number of nitrogens with zero attached hydrogens (tertiary/aromatic N) is 2. The Kier molecular flexibility index (Phi) is 5.02. The van der Waals surface area contributed by atoms with Crippen LogP contribution in [0.3, 0.4) is 0 Å². The molecule has 1 fully saturated rings. The molecule has 2 aromatic carbocycles. The average molecular weight is 394 g/mol. The van der Waals surface area contributed by atoms with Crippen molar-refractivity contribution in [2.24, 2.45) is 0 Å². The molecule has 0 aromatic heterocycles. The largest absolute Gasteiger partial charge is 0.493 e. The van der Waals surface area contributed by atoms with Crippen LogP contribution in [0.2, 0.25) is 0 Å². The molecule has 0 radical (unpaired) electrons. The van der Waals surface area contributed by atoms with Gasteiger partial charge < -0.3 is 19.1 Å². The van der Waals surface area contributed by atoms with Crippen molar-refractivity contribution in [3.05, 3.63) is 53.6 Å². The zero-order valence-electron chi connectivity index (χ0n) is 16.5. The van der Waals surface area contributed by atoms with Crippen LogP contribution >= 0.6 is 0 Å². The van der Waals surface area contributed by atoms with Crippen molar-refractivity contribution in [1.29, 1.82) is 0 Å². The molecule has 0 bridgehead atoms. The van der Waals surface area contributed by atoms with E-state index in [-0.39, 0.29) is 12.5 Å². The van der Waals surface area contributed by atoms with Gasteiger partial charge in [-0.05, 0) is 35.7 Å². The Morgan fingerprint density at radius 3 is 2.79 bits per heavy atom. The van der Waals surface area contributed by atoms with E-state index < -0.39 is 6.10 Å². The SMILES string of the molecule is O=C(C1COc2ccccc2O1)N1CCCN(Cc2ccc3c(c2)CCO3)CC1. The third-order valence-electron chi connectivity index (χ3n) is 5.84. The lowest BCUT2D eigenvalue weighted by atomic mass is 10.1. The van der Waals surface area contributed by atoms with Gasteiger partial charge in [-0.3, -0.25) is 9.69 Å². The summed E-state index contributed by atoms with van der Waals surface area (Å²) in [6.45, 7) is 5.30. The molecule has 29 heavy (non-hydrogen) atoms. The molecule has 1 unspecified atom stereocenters. The van der Waals surface area contributed by atoms with E-state index in [1.54, 1.807) is 0 Å². The lowest BCUT2D eigenvalue weighted by Crippen LogP contribution is -2.47. The first kappa shape index (κ1) is 18.3. The minimum Gasteiger partial charge on any atom is -0.493 e. The molecular weight excluding hydrogens is 368 g/mol. The maximum Gasteiger partial charge on any atom is 0.267 e. The van der Waals surface area contributed by atoms with Gasteiger partial charge in [0.2, 0.25) is 6.10 Å². The van der Waals surface area contributed by atoms with Crippen LogP contribution in [0.4, 0.5) is 0 Å². The summed E-state index contributed by atoms with van der Waals surface area (Å²) in [6.07, 6.45) is 1.40. The van der Waals surface area contributed by atoms with Gasteiger partial charge in [-0.25, -0.2) is 0 Å². The summed E-state index contributed by atoms with van der Waals surface area (Å²) < 4.78 is 17.2. The maximum atomic E-state index is 13.0. The number of hydrogen-bond donors (Lipinski definition) is 0. The minimum atomic E-state index is -0.562. The normalized spacial score (nSPS) is 21.2. The number of rotatable bonds is 3. The van der Waals surface area contributed by atoms with Gasteiger partial charge in [0.15, 0.2) is 11.5 Å². The number of hydrogen-bond acceptors (Lipinski definition) is 5. The van der Waals surface area contributed by atoms with E-state index in [1.807, 2.05) is 29.2 Å². The molecule has 3 aliphatic rings. The Morgan fingerprint density at radius 1 is 0.966 bits per heavy atom. The lowest BCUT2D eigenvalue weighted by molar-refractivity contribution is -0.141. The molecular formula is C23H26N2O4. The predicted octanol–water partition coefficient (Wildman–Crippen LogP) is 2.50. The number of benzene rings is 2. The van der Waals surface area contributed by atoms with Crippen molar-refractivity contribution in [3.8, 4) is 17.2 Å². The number of ether oxygens (including phenoxy) is 3. The highest BCUT2D eigenvalue weighted by atomic mass is 16.6. The first-order valence-corrected chi connectivity index (χ1v) is 10.4. The van der Waals surface area contributed by atoms with Gasteiger partial charge in [-0.15, -0.1) is 0 Å². The summed E-state index contributed by atoms with van der Waals surface area (Å²) in [7, 11) is 0. The molecule has 152 valence electrons. The van der Waals surface area contributed by atoms with Crippen molar-refractivity contribution >= 4 is 5.91 Å². The van der Waals surface area contributed by atoms with E-state index in [4.69, 9.17) is 14.2 Å². The number of carbonyl (C=O) groups excluding carboxylic acids is 1. The maximum absolute atomic E-state index is 13.0. The molecule has 0 saturated carbocycles. The molecule has 3 heterocycles. The first-order chi connectivity index (χ1) is 14.3. The van der Waals surface area contributed by atoms with Gasteiger partial charge in [0.05, 0.1) is 6.61 Å². The molecule has 2 aromatic rings. The smallest absolute Gasteiger partial charge is 0.267 e. The Labute approximate surface area is 171 Å². The number of para-hydroxylation sites is 2. The second-order valence-electron chi connectivity index (χ2n) is 7.86. The Morgan fingerprint density at radius 2 is 1.86 bits per heavy atom. The molecule has 1 amide bonds. The standard InChI is InChI=1S/C23H26N2O4/c26-23(22-16-28-20-4-1-2-5-21(20)29-22)25-10-3-9-24(11-12-25)15-17-6-7-19-18(14-17)8-13-27-19/h1-2,4-7,14,22H,3,8-13,15-16H2. The van der Waals surface area contributed by atoms with Crippen molar-refractivity contribution in [3.63, 3.8) is 0 Å². The Hall–Kier alpha value is -2.73. The topological polar surface area (TPSA) is 51.2 Å². The molecule has 6 nitrogen and oxygen atoms in total. The summed E-state index contributed by atoms with van der Waals surface area (Å²) in [4.78, 5) is 17.4. The van der Waals surface area contributed by atoms with Gasteiger partial charge in [0, 0.05) is 39.1 Å². The van der Waals surface area contributed by atoms with E-state index in [9.17, 15) is 4.79 Å². The van der Waals surface area contributed by atoms with Gasteiger partial charge in [0.1, 0.15) is 12.4 Å². The Bertz CT molecular complexity index is 900. The van der Waals surface area contributed by atoms with Gasteiger partial charge in [-0.1, -0.05) is 24.3 Å². The van der Waals surface area contributed by atoms with Crippen LogP contribution in [0.25, 0.3) is 0 Å². The van der Waals surface area contributed by atoms with Crippen LogP contribution in [0, 0.1) is 0 Å². The molecule has 0 N–H and O–H groups in total. The average Bonchev–Trinajstić information content (AvgIpc) is 3.10. The number of fused-ring (bicyclic) bond motifs is 2. The van der Waals surface area contributed by atoms with Crippen molar-refractivity contribution in [1.82, 2.24) is 9.80 Å². The van der Waals surface area contributed by atoms with E-state index in [0.717, 1.165) is 51.4 Å². The third-order valence-corrected chi connectivity index (χ3v) is 5.84. The van der Waals surface area contributed by atoms with E-state index in [1.165, 1.54) is 11.1 Å². The molecule has 0 aliphatic carbocycles. The Balaban J connectivity index is 1.18. The van der Waals surface area contributed by atoms with Crippen molar-refractivity contribution < 1.29 is 19.0 Å². The van der Waals surface area contributed by atoms with Crippen molar-refractivity contribution in [2.45, 2.75) is 25.5 Å². The summed E-state index contributed by atoms with van der Waals surface area (Å²) in [5.74, 6) is 2.40. The zero-order valence-corrected chi connectivity index (χ0v) is 16.5. The van der Waals surface area contributed by atoms with Crippen LogP contribution in [0.5, 0.6) is 17.2 Å². The molecule has 3 aliphatic heterocycles. The van der Waals surface area contributed by atoms with Crippen LogP contribution in [-0.2, 0) is 17.8 Å². The third kappa shape index (κ3) is 3.90. The van der Waals surface area contributed by atoms with E-state index in [2.05, 4.69) is 23.1 Å². The molecule has 1 atom stereocenters. The number of amides is 1. The van der Waals surface area contributed by atoms with Crippen LogP contribution in [-0.4, -0.2) is 61.2 Å². The van der Waals surface area contributed by atoms with Crippen LogP contribution in [0.1, 0.15) is 17.5 Å². The summed E-state index contributed by atoms with van der Waals surface area (Å²) >= 11 is 0. The van der Waals surface area contributed by atoms with Crippen LogP contribution < -0.4 is 14.2 Å². The summed E-state index contributed by atoms with van der Waals surface area (Å²) in [5.41, 5.74) is 2.62. The quantitative estimate of drug-likeness (QED) is 0.801. The molecule has 1 saturated heterocycles. The predicted molar refractivity (Wildman–Crippen MR) is 108 cm³/mol.